The first-order valence-electron chi connectivity index (χ1n) is 10.6. The summed E-state index contributed by atoms with van der Waals surface area (Å²) in [6.07, 6.45) is 8.42. The Morgan fingerprint density at radius 1 is 0.931 bits per heavy atom. The number of methoxy groups -OCH3 is 2. The van der Waals surface area contributed by atoms with Crippen molar-refractivity contribution in [1.29, 1.82) is 0 Å². The van der Waals surface area contributed by atoms with Crippen molar-refractivity contribution in [2.24, 2.45) is 0 Å². The molecule has 1 aliphatic heterocycles. The molecule has 1 aliphatic carbocycles. The molecule has 1 saturated heterocycles. The Kier molecular flexibility index (Phi) is 6.40. The normalized spacial score (nSPS) is 21.3. The van der Waals surface area contributed by atoms with Crippen molar-refractivity contribution in [2.75, 3.05) is 27.3 Å². The Morgan fingerprint density at radius 2 is 1.72 bits per heavy atom. The molecule has 4 rings (SSSR count). The van der Waals surface area contributed by atoms with Crippen LogP contribution in [0, 0.1) is 0 Å². The van der Waals surface area contributed by atoms with Gasteiger partial charge in [-0.05, 0) is 55.9 Å². The predicted molar refractivity (Wildman–Crippen MR) is 117 cm³/mol. The minimum Gasteiger partial charge on any atom is -0.496 e. The van der Waals surface area contributed by atoms with E-state index < -0.39 is 0 Å². The molecule has 1 saturated carbocycles. The fourth-order valence-electron chi connectivity index (χ4n) is 4.44. The Hall–Kier alpha value is -2.46. The Morgan fingerprint density at radius 3 is 2.52 bits per heavy atom. The maximum absolute atomic E-state index is 6.31. The molecule has 0 aromatic heterocycles. The SMILES string of the molecule is COc1ccccc1/C=C1/CNC[C@H](c2ccc(OC)c(OC3CCCC3)c2)C1. The average Bonchev–Trinajstić information content (AvgIpc) is 3.27. The van der Waals surface area contributed by atoms with Gasteiger partial charge >= 0.3 is 0 Å². The van der Waals surface area contributed by atoms with Gasteiger partial charge in [-0.15, -0.1) is 0 Å². The van der Waals surface area contributed by atoms with E-state index in [1.54, 1.807) is 14.2 Å². The lowest BCUT2D eigenvalue weighted by Crippen LogP contribution is -2.30. The minimum absolute atomic E-state index is 0.324. The maximum atomic E-state index is 6.31. The zero-order valence-electron chi connectivity index (χ0n) is 17.4. The number of para-hydroxylation sites is 1. The number of nitrogens with one attached hydrogen (secondary N) is 1. The molecule has 0 amide bonds. The number of hydrogen-bond acceptors (Lipinski definition) is 4. The second kappa shape index (κ2) is 9.36. The van der Waals surface area contributed by atoms with Crippen molar-refractivity contribution in [3.05, 3.63) is 59.2 Å². The van der Waals surface area contributed by atoms with Gasteiger partial charge in [-0.2, -0.15) is 0 Å². The Bertz CT molecular complexity index is 855. The first-order valence-corrected chi connectivity index (χ1v) is 10.6. The summed E-state index contributed by atoms with van der Waals surface area (Å²) in [7, 11) is 3.44. The number of benzene rings is 2. The summed E-state index contributed by atoms with van der Waals surface area (Å²) in [5.74, 6) is 3.05. The fraction of sp³-hybridized carbons (Fsp3) is 0.440. The lowest BCUT2D eigenvalue weighted by Gasteiger charge is -2.27. The zero-order chi connectivity index (χ0) is 20.1. The smallest absolute Gasteiger partial charge is 0.161 e. The highest BCUT2D eigenvalue weighted by atomic mass is 16.5. The molecule has 0 unspecified atom stereocenters. The van der Waals surface area contributed by atoms with E-state index in [4.69, 9.17) is 14.2 Å². The number of ether oxygens (including phenoxy) is 3. The van der Waals surface area contributed by atoms with Gasteiger partial charge in [0.15, 0.2) is 11.5 Å². The highest BCUT2D eigenvalue weighted by molar-refractivity contribution is 5.60. The van der Waals surface area contributed by atoms with E-state index in [0.29, 0.717) is 12.0 Å². The largest absolute Gasteiger partial charge is 0.496 e. The first kappa shape index (κ1) is 19.8. The Labute approximate surface area is 173 Å². The van der Waals surface area contributed by atoms with Crippen molar-refractivity contribution in [2.45, 2.75) is 44.1 Å². The topological polar surface area (TPSA) is 39.7 Å². The monoisotopic (exact) mass is 393 g/mol. The van der Waals surface area contributed by atoms with Crippen LogP contribution in [0.2, 0.25) is 0 Å². The molecule has 0 spiro atoms. The molecule has 0 bridgehead atoms. The standard InChI is InChI=1S/C25H31NO3/c1-27-23-10-6-3-7-20(23)13-18-14-21(17-26-16-18)19-11-12-24(28-2)25(15-19)29-22-8-4-5-9-22/h3,6-7,10-13,15,21-22,26H,4-5,8-9,14,16-17H2,1-2H3/b18-13+/t21-/m1/s1. The molecule has 2 fully saturated rings. The van der Waals surface area contributed by atoms with E-state index in [9.17, 15) is 0 Å². The van der Waals surface area contributed by atoms with E-state index in [1.165, 1.54) is 24.0 Å². The van der Waals surface area contributed by atoms with E-state index in [-0.39, 0.29) is 0 Å². The summed E-state index contributed by atoms with van der Waals surface area (Å²) in [5.41, 5.74) is 3.82. The van der Waals surface area contributed by atoms with Gasteiger partial charge in [-0.25, -0.2) is 0 Å². The van der Waals surface area contributed by atoms with Crippen LogP contribution in [-0.2, 0) is 0 Å². The van der Waals surface area contributed by atoms with E-state index in [1.807, 2.05) is 12.1 Å². The van der Waals surface area contributed by atoms with E-state index >= 15 is 0 Å². The zero-order valence-corrected chi connectivity index (χ0v) is 17.4. The molecule has 1 heterocycles. The molecule has 29 heavy (non-hydrogen) atoms. The van der Waals surface area contributed by atoms with Gasteiger partial charge in [0.05, 0.1) is 20.3 Å². The molecular weight excluding hydrogens is 362 g/mol. The lowest BCUT2D eigenvalue weighted by atomic mass is 9.88. The summed E-state index contributed by atoms with van der Waals surface area (Å²) in [5, 5.41) is 3.58. The molecule has 2 aromatic carbocycles. The van der Waals surface area contributed by atoms with Crippen LogP contribution in [0.1, 0.15) is 49.1 Å². The van der Waals surface area contributed by atoms with Crippen LogP contribution in [0.5, 0.6) is 17.2 Å². The van der Waals surface area contributed by atoms with Crippen molar-refractivity contribution >= 4 is 6.08 Å². The number of piperidine rings is 1. The van der Waals surface area contributed by atoms with Crippen molar-refractivity contribution in [3.8, 4) is 17.2 Å². The van der Waals surface area contributed by atoms with Crippen LogP contribution in [0.3, 0.4) is 0 Å². The summed E-state index contributed by atoms with van der Waals surface area (Å²) < 4.78 is 17.4. The average molecular weight is 394 g/mol. The third-order valence-electron chi connectivity index (χ3n) is 6.00. The van der Waals surface area contributed by atoms with Crippen LogP contribution in [0.15, 0.2) is 48.0 Å². The lowest BCUT2D eigenvalue weighted by molar-refractivity contribution is 0.200. The molecule has 154 valence electrons. The summed E-state index contributed by atoms with van der Waals surface area (Å²) in [6, 6.07) is 14.6. The third kappa shape index (κ3) is 4.76. The number of hydrogen-bond donors (Lipinski definition) is 1. The molecule has 0 radical (unpaired) electrons. The summed E-state index contributed by atoms with van der Waals surface area (Å²) in [6.45, 7) is 1.88. The molecule has 2 aromatic rings. The second-order valence-electron chi connectivity index (χ2n) is 8.01. The van der Waals surface area contributed by atoms with Crippen LogP contribution < -0.4 is 19.5 Å². The van der Waals surface area contributed by atoms with Crippen molar-refractivity contribution < 1.29 is 14.2 Å². The van der Waals surface area contributed by atoms with Crippen molar-refractivity contribution in [1.82, 2.24) is 5.32 Å². The minimum atomic E-state index is 0.324. The van der Waals surface area contributed by atoms with Gasteiger partial charge in [-0.3, -0.25) is 0 Å². The second-order valence-corrected chi connectivity index (χ2v) is 8.01. The molecule has 1 atom stereocenters. The molecular formula is C25H31NO3. The van der Waals surface area contributed by atoms with Gasteiger partial charge in [0.25, 0.3) is 0 Å². The van der Waals surface area contributed by atoms with Crippen LogP contribution in [0.25, 0.3) is 6.08 Å². The predicted octanol–water partition coefficient (Wildman–Crippen LogP) is 5.19. The van der Waals surface area contributed by atoms with Crippen molar-refractivity contribution in [3.63, 3.8) is 0 Å². The van der Waals surface area contributed by atoms with Gasteiger partial charge in [-0.1, -0.05) is 35.9 Å². The quantitative estimate of drug-likeness (QED) is 0.733. The fourth-order valence-corrected chi connectivity index (χ4v) is 4.44. The maximum Gasteiger partial charge on any atom is 0.161 e. The van der Waals surface area contributed by atoms with Gasteiger partial charge in [0.1, 0.15) is 5.75 Å². The Balaban J connectivity index is 1.54. The number of rotatable bonds is 6. The van der Waals surface area contributed by atoms with E-state index in [2.05, 4.69) is 41.7 Å². The summed E-state index contributed by atoms with van der Waals surface area (Å²) in [4.78, 5) is 0. The highest BCUT2D eigenvalue weighted by Gasteiger charge is 2.22. The van der Waals surface area contributed by atoms with Gasteiger partial charge in [0, 0.05) is 24.6 Å². The third-order valence-corrected chi connectivity index (χ3v) is 6.00. The van der Waals surface area contributed by atoms with Crippen LogP contribution in [0.4, 0.5) is 0 Å². The molecule has 2 aliphatic rings. The van der Waals surface area contributed by atoms with Gasteiger partial charge < -0.3 is 19.5 Å². The summed E-state index contributed by atoms with van der Waals surface area (Å²) >= 11 is 0. The first-order chi connectivity index (χ1) is 14.3. The molecule has 1 N–H and O–H groups in total. The van der Waals surface area contributed by atoms with Crippen LogP contribution >= 0.6 is 0 Å². The van der Waals surface area contributed by atoms with Crippen LogP contribution in [-0.4, -0.2) is 33.4 Å². The molecule has 4 nitrogen and oxygen atoms in total. The molecule has 4 heteroatoms. The van der Waals surface area contributed by atoms with E-state index in [0.717, 1.165) is 55.2 Å². The van der Waals surface area contributed by atoms with Gasteiger partial charge in [0.2, 0.25) is 0 Å². The highest BCUT2D eigenvalue weighted by Crippen LogP contribution is 2.36.